The Morgan fingerprint density at radius 3 is 1.60 bits per heavy atom. The van der Waals surface area contributed by atoms with Crippen LogP contribution in [0.3, 0.4) is 0 Å². The van der Waals surface area contributed by atoms with Crippen LogP contribution in [-0.4, -0.2) is 73.4 Å². The average molecular weight is 278 g/mol. The first-order valence-electron chi connectivity index (χ1n) is 6.84. The minimum Gasteiger partial charge on any atom is -0.393 e. The van der Waals surface area contributed by atoms with Crippen molar-refractivity contribution in [3.63, 3.8) is 0 Å². The van der Waals surface area contributed by atoms with E-state index in [1.807, 2.05) is 0 Å². The van der Waals surface area contributed by atoms with E-state index in [1.165, 1.54) is 0 Å². The van der Waals surface area contributed by atoms with Gasteiger partial charge in [0.05, 0.1) is 13.3 Å². The van der Waals surface area contributed by atoms with Crippen molar-refractivity contribution < 1.29 is 0 Å². The van der Waals surface area contributed by atoms with Gasteiger partial charge in [-0.2, -0.15) is 9.97 Å². The van der Waals surface area contributed by atoms with Crippen LogP contribution in [-0.2, 0) is 0 Å². The van der Waals surface area contributed by atoms with Crippen molar-refractivity contribution in [1.29, 1.82) is 0 Å². The van der Waals surface area contributed by atoms with E-state index in [1.54, 1.807) is 0 Å². The van der Waals surface area contributed by atoms with Gasteiger partial charge in [-0.05, 0) is 14.1 Å². The summed E-state index contributed by atoms with van der Waals surface area (Å²) in [6.07, 6.45) is 0. The maximum atomic E-state index is 6.30. The minimum atomic E-state index is 0.285. The second-order valence-electron chi connectivity index (χ2n) is 5.61. The van der Waals surface area contributed by atoms with Crippen molar-refractivity contribution in [3.8, 4) is 0 Å². The first-order valence-corrected chi connectivity index (χ1v) is 6.84. The lowest BCUT2D eigenvalue weighted by molar-refractivity contribution is 0.420. The van der Waals surface area contributed by atoms with Crippen molar-refractivity contribution in [1.82, 2.24) is 19.8 Å². The molecule has 1 aromatic heterocycles. The molecular formula is C12H22N8. The Labute approximate surface area is 118 Å². The van der Waals surface area contributed by atoms with E-state index in [9.17, 15) is 0 Å². The highest BCUT2D eigenvalue weighted by atomic mass is 15.4. The lowest BCUT2D eigenvalue weighted by Gasteiger charge is -2.24. The Balaban J connectivity index is 1.93. The summed E-state index contributed by atoms with van der Waals surface area (Å²) in [5.74, 6) is 1.80. The summed E-state index contributed by atoms with van der Waals surface area (Å²) in [7, 11) is 4.16. The van der Waals surface area contributed by atoms with E-state index in [2.05, 4.69) is 43.7 Å². The molecule has 0 aliphatic carbocycles. The molecule has 8 nitrogen and oxygen atoms in total. The van der Waals surface area contributed by atoms with Gasteiger partial charge in [-0.15, -0.1) is 0 Å². The van der Waals surface area contributed by atoms with Crippen molar-refractivity contribution in [3.05, 3.63) is 0 Å². The van der Waals surface area contributed by atoms with Crippen molar-refractivity contribution in [2.75, 3.05) is 74.9 Å². The molecule has 0 saturated carbocycles. The third-order valence-electron chi connectivity index (χ3n) is 3.85. The van der Waals surface area contributed by atoms with Gasteiger partial charge >= 0.3 is 0 Å². The number of anilines is 4. The van der Waals surface area contributed by atoms with Gasteiger partial charge in [0.2, 0.25) is 5.95 Å². The summed E-state index contributed by atoms with van der Waals surface area (Å²) in [5.41, 5.74) is 12.8. The van der Waals surface area contributed by atoms with E-state index in [0.717, 1.165) is 51.2 Å². The Bertz CT molecular complexity index is 463. The van der Waals surface area contributed by atoms with Crippen molar-refractivity contribution in [2.45, 2.75) is 0 Å². The van der Waals surface area contributed by atoms with E-state index in [4.69, 9.17) is 11.5 Å². The zero-order chi connectivity index (χ0) is 14.3. The maximum absolute atomic E-state index is 6.30. The third-order valence-corrected chi connectivity index (χ3v) is 3.85. The van der Waals surface area contributed by atoms with Gasteiger partial charge in [-0.1, -0.05) is 0 Å². The fourth-order valence-corrected chi connectivity index (χ4v) is 2.74. The molecule has 0 unspecified atom stereocenters. The summed E-state index contributed by atoms with van der Waals surface area (Å²) in [6, 6.07) is 0. The molecule has 0 bridgehead atoms. The average Bonchev–Trinajstić information content (AvgIpc) is 3.01. The van der Waals surface area contributed by atoms with Gasteiger partial charge in [-0.3, -0.25) is 9.80 Å². The number of rotatable bonds is 2. The third kappa shape index (κ3) is 2.32. The van der Waals surface area contributed by atoms with E-state index in [-0.39, 0.29) is 5.95 Å². The molecule has 2 aliphatic heterocycles. The van der Waals surface area contributed by atoms with E-state index >= 15 is 0 Å². The van der Waals surface area contributed by atoms with Crippen molar-refractivity contribution >= 4 is 23.3 Å². The topological polar surface area (TPSA) is 90.8 Å². The van der Waals surface area contributed by atoms with Crippen LogP contribution in [0.2, 0.25) is 0 Å². The molecule has 0 aromatic carbocycles. The van der Waals surface area contributed by atoms with Crippen LogP contribution in [0, 0.1) is 0 Å². The van der Waals surface area contributed by atoms with Gasteiger partial charge < -0.3 is 21.3 Å². The van der Waals surface area contributed by atoms with Gasteiger partial charge in [0.15, 0.2) is 11.6 Å². The summed E-state index contributed by atoms with van der Waals surface area (Å²) < 4.78 is 0. The molecular weight excluding hydrogens is 256 g/mol. The monoisotopic (exact) mass is 278 g/mol. The van der Waals surface area contributed by atoms with Gasteiger partial charge in [0, 0.05) is 26.2 Å². The molecule has 2 fully saturated rings. The van der Waals surface area contributed by atoms with Gasteiger partial charge in [0.1, 0.15) is 5.69 Å². The first kappa shape index (κ1) is 13.2. The molecule has 3 heterocycles. The highest BCUT2D eigenvalue weighted by molar-refractivity contribution is 5.77. The fourth-order valence-electron chi connectivity index (χ4n) is 2.74. The SMILES string of the molecule is CN1CCN(c2nc(N)nc(N3CCN(C)C3)c2N)C1. The number of hydrogen-bond donors (Lipinski definition) is 2. The Hall–Kier alpha value is -1.80. The van der Waals surface area contributed by atoms with Crippen LogP contribution < -0.4 is 21.3 Å². The van der Waals surface area contributed by atoms with Crippen LogP contribution in [0.4, 0.5) is 23.3 Å². The molecule has 2 aliphatic rings. The number of nitrogens with two attached hydrogens (primary N) is 2. The van der Waals surface area contributed by atoms with Crippen LogP contribution in [0.15, 0.2) is 0 Å². The highest BCUT2D eigenvalue weighted by Gasteiger charge is 2.26. The zero-order valence-electron chi connectivity index (χ0n) is 12.1. The highest BCUT2D eigenvalue weighted by Crippen LogP contribution is 2.32. The molecule has 4 N–H and O–H groups in total. The maximum Gasteiger partial charge on any atom is 0.224 e. The molecule has 1 aromatic rings. The minimum absolute atomic E-state index is 0.285. The summed E-state index contributed by atoms with van der Waals surface area (Å²) in [4.78, 5) is 17.4. The Morgan fingerprint density at radius 1 is 0.800 bits per heavy atom. The van der Waals surface area contributed by atoms with E-state index < -0.39 is 0 Å². The van der Waals surface area contributed by atoms with Crippen LogP contribution in [0.1, 0.15) is 0 Å². The molecule has 0 radical (unpaired) electrons. The molecule has 3 rings (SSSR count). The second-order valence-corrected chi connectivity index (χ2v) is 5.61. The number of nitrogens with zero attached hydrogens (tertiary/aromatic N) is 6. The van der Waals surface area contributed by atoms with Crippen LogP contribution in [0.25, 0.3) is 0 Å². The zero-order valence-corrected chi connectivity index (χ0v) is 12.1. The molecule has 0 amide bonds. The summed E-state index contributed by atoms with van der Waals surface area (Å²) >= 11 is 0. The number of aromatic nitrogens is 2. The summed E-state index contributed by atoms with van der Waals surface area (Å²) in [5, 5.41) is 0. The number of hydrogen-bond acceptors (Lipinski definition) is 8. The summed E-state index contributed by atoms with van der Waals surface area (Å²) in [6.45, 7) is 5.48. The lowest BCUT2D eigenvalue weighted by atomic mass is 10.3. The largest absolute Gasteiger partial charge is 0.393 e. The van der Waals surface area contributed by atoms with Gasteiger partial charge in [-0.25, -0.2) is 0 Å². The van der Waals surface area contributed by atoms with E-state index in [0.29, 0.717) is 5.69 Å². The molecule has 20 heavy (non-hydrogen) atoms. The standard InChI is InChI=1S/C12H22N8/c1-17-3-5-19(7-17)10-9(13)11(16-12(14)15-10)20-6-4-18(2)8-20/h3-8,13H2,1-2H3,(H2,14,15,16). The molecule has 110 valence electrons. The second kappa shape index (κ2) is 4.95. The Morgan fingerprint density at radius 2 is 1.25 bits per heavy atom. The smallest absolute Gasteiger partial charge is 0.224 e. The van der Waals surface area contributed by atoms with Crippen LogP contribution >= 0.6 is 0 Å². The first-order chi connectivity index (χ1) is 9.54. The normalized spacial score (nSPS) is 21.1. The molecule has 0 atom stereocenters. The molecule has 2 saturated heterocycles. The predicted octanol–water partition coefficient (Wildman–Crippen LogP) is -0.940. The predicted molar refractivity (Wildman–Crippen MR) is 80.5 cm³/mol. The van der Waals surface area contributed by atoms with Crippen molar-refractivity contribution in [2.24, 2.45) is 0 Å². The lowest BCUT2D eigenvalue weighted by Crippen LogP contribution is -2.28. The fraction of sp³-hybridized carbons (Fsp3) is 0.667. The number of nitrogen functional groups attached to an aromatic ring is 2. The molecule has 0 spiro atoms. The van der Waals surface area contributed by atoms with Gasteiger partial charge in [0.25, 0.3) is 0 Å². The van der Waals surface area contributed by atoms with Crippen LogP contribution in [0.5, 0.6) is 0 Å². The number of likely N-dealkylation sites (N-methyl/N-ethyl adjacent to an activating group) is 2. The molecule has 8 heteroatoms. The quantitative estimate of drug-likeness (QED) is 0.716. The Kier molecular flexibility index (Phi) is 3.27.